The molecule has 1 aromatic carbocycles. The smallest absolute Gasteiger partial charge is 0.344 e. The SMILES string of the molecule is COC(=O)[C@@](C)(O[Si](C)(C)C)C(=O)COCc1ccccc1. The van der Waals surface area contributed by atoms with Crippen molar-refractivity contribution in [3.63, 3.8) is 0 Å². The molecule has 22 heavy (non-hydrogen) atoms. The summed E-state index contributed by atoms with van der Waals surface area (Å²) in [4.78, 5) is 24.4. The lowest BCUT2D eigenvalue weighted by atomic mass is 10.0. The fraction of sp³-hybridized carbons (Fsp3) is 0.500. The van der Waals surface area contributed by atoms with Gasteiger partial charge in [0.2, 0.25) is 5.60 Å². The van der Waals surface area contributed by atoms with Crippen LogP contribution in [0.3, 0.4) is 0 Å². The van der Waals surface area contributed by atoms with Crippen LogP contribution >= 0.6 is 0 Å². The van der Waals surface area contributed by atoms with Crippen molar-refractivity contribution in [1.29, 1.82) is 0 Å². The number of benzene rings is 1. The van der Waals surface area contributed by atoms with Crippen LogP contribution in [0.2, 0.25) is 19.6 Å². The molecule has 0 aliphatic rings. The van der Waals surface area contributed by atoms with E-state index in [1.807, 2.05) is 50.0 Å². The van der Waals surface area contributed by atoms with Crippen LogP contribution in [-0.2, 0) is 30.1 Å². The number of hydrogen-bond acceptors (Lipinski definition) is 5. The van der Waals surface area contributed by atoms with Gasteiger partial charge in [-0.3, -0.25) is 4.79 Å². The molecule has 6 heteroatoms. The Morgan fingerprint density at radius 1 is 1.14 bits per heavy atom. The lowest BCUT2D eigenvalue weighted by Gasteiger charge is -2.32. The molecule has 0 aliphatic heterocycles. The standard InChI is InChI=1S/C16H24O5Si/c1-16(15(18)19-2,21-22(3,4)5)14(17)12-20-11-13-9-7-6-8-10-13/h6-10H,11-12H2,1-5H3/t16-/m0/s1. The summed E-state index contributed by atoms with van der Waals surface area (Å²) in [6, 6.07) is 9.51. The van der Waals surface area contributed by atoms with Gasteiger partial charge in [-0.15, -0.1) is 0 Å². The molecule has 0 bridgehead atoms. The molecule has 0 saturated heterocycles. The summed E-state index contributed by atoms with van der Waals surface area (Å²) in [5, 5.41) is 0. The zero-order valence-electron chi connectivity index (χ0n) is 13.8. The van der Waals surface area contributed by atoms with Crippen LogP contribution in [0.4, 0.5) is 0 Å². The third-order valence-corrected chi connectivity index (χ3v) is 3.98. The fourth-order valence-corrected chi connectivity index (χ4v) is 3.41. The van der Waals surface area contributed by atoms with E-state index in [-0.39, 0.29) is 6.61 Å². The number of Topliss-reactive ketones (excluding diaryl/α,β-unsaturated/α-hetero) is 1. The first-order valence-corrected chi connectivity index (χ1v) is 10.5. The predicted octanol–water partition coefficient (Wildman–Crippen LogP) is 2.56. The van der Waals surface area contributed by atoms with E-state index in [1.165, 1.54) is 14.0 Å². The van der Waals surface area contributed by atoms with Gasteiger partial charge in [0.15, 0.2) is 14.1 Å². The van der Waals surface area contributed by atoms with Crippen LogP contribution < -0.4 is 0 Å². The van der Waals surface area contributed by atoms with Gasteiger partial charge in [0.25, 0.3) is 0 Å². The highest BCUT2D eigenvalue weighted by Gasteiger charge is 2.46. The first-order valence-electron chi connectivity index (χ1n) is 7.12. The third-order valence-electron chi connectivity index (χ3n) is 2.96. The summed E-state index contributed by atoms with van der Waals surface area (Å²) in [6.45, 7) is 7.28. The maximum Gasteiger partial charge on any atom is 0.344 e. The van der Waals surface area contributed by atoms with E-state index in [9.17, 15) is 9.59 Å². The Hall–Kier alpha value is -1.50. The van der Waals surface area contributed by atoms with Crippen molar-refractivity contribution in [2.45, 2.75) is 38.8 Å². The molecule has 0 unspecified atom stereocenters. The Kier molecular flexibility index (Phi) is 6.46. The molecule has 0 aliphatic carbocycles. The zero-order chi connectivity index (χ0) is 16.8. The predicted molar refractivity (Wildman–Crippen MR) is 86.0 cm³/mol. The Bertz CT molecular complexity index is 509. The van der Waals surface area contributed by atoms with Gasteiger partial charge in [-0.25, -0.2) is 4.79 Å². The number of rotatable bonds is 8. The highest BCUT2D eigenvalue weighted by molar-refractivity contribution is 6.70. The van der Waals surface area contributed by atoms with Crippen LogP contribution in [0.15, 0.2) is 30.3 Å². The number of ether oxygens (including phenoxy) is 2. The number of carbonyl (C=O) groups is 2. The molecular weight excluding hydrogens is 300 g/mol. The molecule has 0 heterocycles. The minimum atomic E-state index is -2.11. The number of carbonyl (C=O) groups excluding carboxylic acids is 2. The Morgan fingerprint density at radius 2 is 1.73 bits per heavy atom. The average molecular weight is 324 g/mol. The number of ketones is 1. The van der Waals surface area contributed by atoms with Gasteiger partial charge < -0.3 is 13.9 Å². The topological polar surface area (TPSA) is 61.8 Å². The summed E-state index contributed by atoms with van der Waals surface area (Å²) < 4.78 is 15.9. The molecule has 0 saturated carbocycles. The van der Waals surface area contributed by atoms with Gasteiger partial charge in [0, 0.05) is 0 Å². The van der Waals surface area contributed by atoms with Crippen LogP contribution in [0.1, 0.15) is 12.5 Å². The number of hydrogen-bond donors (Lipinski definition) is 0. The molecular formula is C16H24O5Si. The summed E-state index contributed by atoms with van der Waals surface area (Å²) in [5.74, 6) is -1.12. The van der Waals surface area contributed by atoms with E-state index in [1.54, 1.807) is 0 Å². The van der Waals surface area contributed by atoms with E-state index in [0.29, 0.717) is 6.61 Å². The first kappa shape index (κ1) is 18.5. The summed E-state index contributed by atoms with van der Waals surface area (Å²) >= 11 is 0. The van der Waals surface area contributed by atoms with Crippen molar-refractivity contribution in [1.82, 2.24) is 0 Å². The van der Waals surface area contributed by atoms with Crippen LogP contribution in [0.25, 0.3) is 0 Å². The molecule has 1 atom stereocenters. The van der Waals surface area contributed by atoms with E-state index >= 15 is 0 Å². The second-order valence-corrected chi connectivity index (χ2v) is 10.6. The summed E-state index contributed by atoms with van der Waals surface area (Å²) in [6.07, 6.45) is 0. The van der Waals surface area contributed by atoms with Crippen molar-refractivity contribution in [3.05, 3.63) is 35.9 Å². The molecule has 0 amide bonds. The number of esters is 1. The van der Waals surface area contributed by atoms with E-state index in [4.69, 9.17) is 13.9 Å². The van der Waals surface area contributed by atoms with Gasteiger partial charge in [-0.2, -0.15) is 0 Å². The van der Waals surface area contributed by atoms with Gasteiger partial charge in [-0.05, 0) is 32.1 Å². The van der Waals surface area contributed by atoms with E-state index in [2.05, 4.69) is 0 Å². The highest BCUT2D eigenvalue weighted by atomic mass is 28.4. The van der Waals surface area contributed by atoms with Gasteiger partial charge in [0.1, 0.15) is 6.61 Å². The molecule has 122 valence electrons. The quantitative estimate of drug-likeness (QED) is 0.418. The minimum absolute atomic E-state index is 0.203. The van der Waals surface area contributed by atoms with Crippen LogP contribution in [-0.4, -0.2) is 39.4 Å². The lowest BCUT2D eigenvalue weighted by molar-refractivity contribution is -0.166. The van der Waals surface area contributed by atoms with Crippen molar-refractivity contribution in [3.8, 4) is 0 Å². The Morgan fingerprint density at radius 3 is 2.23 bits per heavy atom. The maximum absolute atomic E-state index is 12.4. The van der Waals surface area contributed by atoms with Gasteiger partial charge in [-0.1, -0.05) is 30.3 Å². The van der Waals surface area contributed by atoms with Crippen molar-refractivity contribution < 1.29 is 23.5 Å². The second-order valence-electron chi connectivity index (χ2n) is 6.14. The summed E-state index contributed by atoms with van der Waals surface area (Å²) in [7, 11) is -0.872. The summed E-state index contributed by atoms with van der Waals surface area (Å²) in [5.41, 5.74) is -0.656. The minimum Gasteiger partial charge on any atom is -0.467 e. The monoisotopic (exact) mass is 324 g/mol. The molecule has 0 spiro atoms. The Labute approximate surface area is 132 Å². The van der Waals surface area contributed by atoms with Gasteiger partial charge in [0.05, 0.1) is 13.7 Å². The molecule has 0 aromatic heterocycles. The first-order chi connectivity index (χ1) is 10.2. The third kappa shape index (κ3) is 5.36. The second kappa shape index (κ2) is 7.67. The fourth-order valence-electron chi connectivity index (χ4n) is 1.99. The van der Waals surface area contributed by atoms with Crippen molar-refractivity contribution in [2.24, 2.45) is 0 Å². The number of methoxy groups -OCH3 is 1. The highest BCUT2D eigenvalue weighted by Crippen LogP contribution is 2.21. The lowest BCUT2D eigenvalue weighted by Crippen LogP contribution is -2.54. The van der Waals surface area contributed by atoms with Crippen molar-refractivity contribution >= 4 is 20.1 Å². The van der Waals surface area contributed by atoms with Crippen LogP contribution in [0, 0.1) is 0 Å². The molecule has 0 radical (unpaired) electrons. The molecule has 1 rings (SSSR count). The van der Waals surface area contributed by atoms with Crippen LogP contribution in [0.5, 0.6) is 0 Å². The maximum atomic E-state index is 12.4. The van der Waals surface area contributed by atoms with E-state index in [0.717, 1.165) is 5.56 Å². The van der Waals surface area contributed by atoms with E-state index < -0.39 is 25.7 Å². The van der Waals surface area contributed by atoms with Gasteiger partial charge >= 0.3 is 5.97 Å². The van der Waals surface area contributed by atoms with Crippen molar-refractivity contribution in [2.75, 3.05) is 13.7 Å². The molecule has 5 nitrogen and oxygen atoms in total. The zero-order valence-corrected chi connectivity index (χ0v) is 14.8. The molecule has 0 fully saturated rings. The largest absolute Gasteiger partial charge is 0.467 e. The average Bonchev–Trinajstić information content (AvgIpc) is 2.45. The Balaban J connectivity index is 2.70. The molecule has 1 aromatic rings. The normalized spacial score (nSPS) is 14.2. The molecule has 0 N–H and O–H groups in total.